The minimum atomic E-state index is -0.448. The predicted molar refractivity (Wildman–Crippen MR) is 144 cm³/mol. The second-order valence-electron chi connectivity index (χ2n) is 8.18. The molecule has 0 aromatic heterocycles. The zero-order valence-corrected chi connectivity index (χ0v) is 22.0. The molecule has 2 aromatic carbocycles. The van der Waals surface area contributed by atoms with Crippen LogP contribution in [0.2, 0.25) is 10.0 Å². The number of nitrogens with two attached hydrogens (primary N) is 1. The molecule has 11 heteroatoms. The second-order valence-corrected chi connectivity index (χ2v) is 11.4. The minimum Gasteiger partial charge on any atom is -0.374 e. The molecule has 2 amide bonds. The van der Waals surface area contributed by atoms with Gasteiger partial charge in [-0.15, -0.1) is 11.8 Å². The fraction of sp³-hybridized carbons (Fsp3) is 0.333. The number of carbonyl (C=O) groups is 2. The van der Waals surface area contributed by atoms with Gasteiger partial charge in [0.15, 0.2) is 0 Å². The molecule has 2 aliphatic rings. The van der Waals surface area contributed by atoms with Crippen LogP contribution in [0.3, 0.4) is 0 Å². The first-order valence-electron chi connectivity index (χ1n) is 11.1. The molecule has 2 heterocycles. The molecule has 4 rings (SSSR count). The molecule has 7 nitrogen and oxygen atoms in total. The summed E-state index contributed by atoms with van der Waals surface area (Å²) >= 11 is 15.3. The predicted octanol–water partition coefficient (Wildman–Crippen LogP) is 3.76. The Morgan fingerprint density at radius 2 is 2.00 bits per heavy atom. The van der Waals surface area contributed by atoms with Crippen molar-refractivity contribution in [1.29, 1.82) is 0 Å². The normalized spacial score (nSPS) is 20.2. The van der Waals surface area contributed by atoms with Crippen molar-refractivity contribution in [1.82, 2.24) is 15.5 Å². The Labute approximate surface area is 223 Å². The van der Waals surface area contributed by atoms with Crippen LogP contribution in [0.15, 0.2) is 47.9 Å². The molecular formula is C24H26Cl2N4O3S2. The maximum atomic E-state index is 12.4. The summed E-state index contributed by atoms with van der Waals surface area (Å²) in [6.45, 7) is 3.40. The maximum Gasteiger partial charge on any atom is 0.248 e. The fourth-order valence-corrected chi connectivity index (χ4v) is 6.02. The average molecular weight is 554 g/mol. The average Bonchev–Trinajstić information content (AvgIpc) is 3.33. The monoisotopic (exact) mass is 552 g/mol. The first kappa shape index (κ1) is 26.2. The van der Waals surface area contributed by atoms with E-state index in [0.29, 0.717) is 34.5 Å². The van der Waals surface area contributed by atoms with Gasteiger partial charge in [-0.2, -0.15) is 0 Å². The van der Waals surface area contributed by atoms with E-state index in [9.17, 15) is 9.59 Å². The highest BCUT2D eigenvalue weighted by Gasteiger charge is 2.23. The summed E-state index contributed by atoms with van der Waals surface area (Å²) in [5, 5.41) is 9.51. The number of nitrogens with one attached hydrogen (secondary N) is 2. The van der Waals surface area contributed by atoms with Crippen molar-refractivity contribution in [3.63, 3.8) is 0 Å². The van der Waals surface area contributed by atoms with E-state index in [0.717, 1.165) is 36.5 Å². The number of primary amides is 1. The van der Waals surface area contributed by atoms with Gasteiger partial charge < -0.3 is 21.1 Å². The van der Waals surface area contributed by atoms with E-state index in [1.165, 1.54) is 11.8 Å². The zero-order chi connectivity index (χ0) is 24.8. The lowest BCUT2D eigenvalue weighted by atomic mass is 10.1. The van der Waals surface area contributed by atoms with Gasteiger partial charge in [-0.1, -0.05) is 53.2 Å². The number of carbonyl (C=O) groups excluding carboxylic acids is 2. The largest absolute Gasteiger partial charge is 0.374 e. The summed E-state index contributed by atoms with van der Waals surface area (Å²) in [4.78, 5) is 25.9. The molecular weight excluding hydrogens is 527 g/mol. The minimum absolute atomic E-state index is 0.0260. The van der Waals surface area contributed by atoms with Crippen LogP contribution in [-0.2, 0) is 16.1 Å². The van der Waals surface area contributed by atoms with Crippen molar-refractivity contribution in [2.24, 2.45) is 5.73 Å². The highest BCUT2D eigenvalue weighted by atomic mass is 35.5. The Balaban J connectivity index is 1.16. The van der Waals surface area contributed by atoms with Gasteiger partial charge in [-0.3, -0.25) is 14.5 Å². The molecule has 2 aromatic rings. The summed E-state index contributed by atoms with van der Waals surface area (Å²) in [7, 11) is 0. The van der Waals surface area contributed by atoms with Crippen LogP contribution in [0, 0.1) is 0 Å². The van der Waals surface area contributed by atoms with Crippen molar-refractivity contribution < 1.29 is 14.3 Å². The summed E-state index contributed by atoms with van der Waals surface area (Å²) in [6, 6.07) is 12.8. The molecule has 186 valence electrons. The van der Waals surface area contributed by atoms with Gasteiger partial charge in [0.1, 0.15) is 4.71 Å². The van der Waals surface area contributed by atoms with E-state index >= 15 is 0 Å². The number of halogens is 2. The number of hydrogen-bond acceptors (Lipinski definition) is 7. The number of rotatable bonds is 9. The fourth-order valence-electron chi connectivity index (χ4n) is 3.75. The van der Waals surface area contributed by atoms with Gasteiger partial charge in [0.25, 0.3) is 0 Å². The number of amides is 2. The van der Waals surface area contributed by atoms with Gasteiger partial charge in [-0.25, -0.2) is 0 Å². The molecule has 35 heavy (non-hydrogen) atoms. The van der Waals surface area contributed by atoms with E-state index in [1.807, 2.05) is 35.7 Å². The summed E-state index contributed by atoms with van der Waals surface area (Å²) in [5.74, 6) is -0.134. The highest BCUT2D eigenvalue weighted by molar-refractivity contribution is 8.18. The quantitative estimate of drug-likeness (QED) is 0.435. The molecule has 1 unspecified atom stereocenters. The van der Waals surface area contributed by atoms with Gasteiger partial charge in [0, 0.05) is 37.4 Å². The molecule has 2 aliphatic heterocycles. The third-order valence-corrected chi connectivity index (χ3v) is 8.64. The molecule has 0 bridgehead atoms. The van der Waals surface area contributed by atoms with Gasteiger partial charge in [-0.05, 0) is 40.8 Å². The van der Waals surface area contributed by atoms with Crippen molar-refractivity contribution in [2.75, 3.05) is 32.0 Å². The Morgan fingerprint density at radius 1 is 1.20 bits per heavy atom. The van der Waals surface area contributed by atoms with E-state index in [-0.39, 0.29) is 16.7 Å². The molecule has 0 saturated carbocycles. The molecule has 0 spiro atoms. The first-order chi connectivity index (χ1) is 16.9. The van der Waals surface area contributed by atoms with Crippen LogP contribution >= 0.6 is 46.7 Å². The Morgan fingerprint density at radius 3 is 2.74 bits per heavy atom. The zero-order valence-electron chi connectivity index (χ0n) is 18.8. The standard InChI is InChI=1S/C24H26Cl2N4O3S2/c25-19-6-1-15(9-20(19)26)11-30-7-8-33-18(12-30)10-28-22(31)14-35-24-29-21(13-34-24)16-2-4-17(5-3-16)23(27)32/h1-6,9,13,18,24,29H,7-8,10-12,14H2,(H2,27,32)(H,28,31)/t18-,24?/m0/s1. The lowest BCUT2D eigenvalue weighted by molar-refractivity contribution is -0.119. The third-order valence-electron chi connectivity index (χ3n) is 5.57. The third kappa shape index (κ3) is 7.55. The highest BCUT2D eigenvalue weighted by Crippen LogP contribution is 2.33. The van der Waals surface area contributed by atoms with E-state index < -0.39 is 5.91 Å². The molecule has 1 fully saturated rings. The van der Waals surface area contributed by atoms with Crippen LogP contribution in [0.1, 0.15) is 21.5 Å². The van der Waals surface area contributed by atoms with Crippen LogP contribution in [-0.4, -0.2) is 59.5 Å². The molecule has 0 radical (unpaired) electrons. The van der Waals surface area contributed by atoms with Gasteiger partial charge in [0.05, 0.1) is 28.5 Å². The van der Waals surface area contributed by atoms with E-state index in [1.54, 1.807) is 23.9 Å². The number of hydrogen-bond donors (Lipinski definition) is 3. The van der Waals surface area contributed by atoms with E-state index in [2.05, 4.69) is 15.5 Å². The van der Waals surface area contributed by atoms with Crippen LogP contribution < -0.4 is 16.4 Å². The maximum absolute atomic E-state index is 12.4. The van der Waals surface area contributed by atoms with Crippen molar-refractivity contribution in [3.05, 3.63) is 74.6 Å². The number of morpholine rings is 1. The van der Waals surface area contributed by atoms with Crippen LogP contribution in [0.4, 0.5) is 0 Å². The van der Waals surface area contributed by atoms with Gasteiger partial charge >= 0.3 is 0 Å². The lowest BCUT2D eigenvalue weighted by Gasteiger charge is -2.33. The topological polar surface area (TPSA) is 96.7 Å². The van der Waals surface area contributed by atoms with Crippen molar-refractivity contribution >= 4 is 64.2 Å². The second kappa shape index (κ2) is 12.4. The van der Waals surface area contributed by atoms with Crippen LogP contribution in [0.5, 0.6) is 0 Å². The molecule has 4 N–H and O–H groups in total. The number of benzene rings is 2. The van der Waals surface area contributed by atoms with Crippen molar-refractivity contribution in [3.8, 4) is 0 Å². The SMILES string of the molecule is NC(=O)c1ccc(C2=CSC(SCC(=O)NC[C@H]3CN(Cc4ccc(Cl)c(Cl)c4)CCO3)N2)cc1. The van der Waals surface area contributed by atoms with E-state index in [4.69, 9.17) is 33.7 Å². The molecule has 0 aliphatic carbocycles. The lowest BCUT2D eigenvalue weighted by Crippen LogP contribution is -2.47. The summed E-state index contributed by atoms with van der Waals surface area (Å²) < 4.78 is 5.88. The van der Waals surface area contributed by atoms with Crippen LogP contribution in [0.25, 0.3) is 5.70 Å². The molecule has 1 saturated heterocycles. The van der Waals surface area contributed by atoms with Gasteiger partial charge in [0.2, 0.25) is 11.8 Å². The van der Waals surface area contributed by atoms with Crippen molar-refractivity contribution in [2.45, 2.75) is 17.4 Å². The number of ether oxygens (including phenoxy) is 1. The Kier molecular flexibility index (Phi) is 9.27. The molecule has 2 atom stereocenters. The number of nitrogens with zero attached hydrogens (tertiary/aromatic N) is 1. The first-order valence-corrected chi connectivity index (χ1v) is 13.8. The smallest absolute Gasteiger partial charge is 0.248 e. The summed E-state index contributed by atoms with van der Waals surface area (Å²) in [6.07, 6.45) is -0.0592. The summed E-state index contributed by atoms with van der Waals surface area (Å²) in [5.41, 5.74) is 8.79. The Hall–Kier alpha value is -1.88. The Bertz CT molecular complexity index is 1100. The number of thioether (sulfide) groups is 2.